The van der Waals surface area contributed by atoms with Crippen LogP contribution in [0.4, 0.5) is 5.69 Å². The summed E-state index contributed by atoms with van der Waals surface area (Å²) in [7, 11) is 0. The summed E-state index contributed by atoms with van der Waals surface area (Å²) in [5.41, 5.74) is 2.08. The Morgan fingerprint density at radius 1 is 0.920 bits per heavy atom. The third kappa shape index (κ3) is 4.23. The van der Waals surface area contributed by atoms with Crippen LogP contribution in [0.25, 0.3) is 10.8 Å². The molecule has 3 aromatic rings. The van der Waals surface area contributed by atoms with Crippen LogP contribution in [0.2, 0.25) is 0 Å². The van der Waals surface area contributed by atoms with E-state index >= 15 is 0 Å². The van der Waals surface area contributed by atoms with Crippen LogP contribution in [0.3, 0.4) is 0 Å². The minimum absolute atomic E-state index is 0.0980. The molecule has 126 valence electrons. The molecular weight excluding hydrogens is 314 g/mol. The maximum atomic E-state index is 12.2. The Kier molecular flexibility index (Phi) is 5.09. The first-order valence-electron chi connectivity index (χ1n) is 8.20. The monoisotopic (exact) mass is 333 g/mol. The Morgan fingerprint density at radius 3 is 2.36 bits per heavy atom. The summed E-state index contributed by atoms with van der Waals surface area (Å²) in [6.07, 6.45) is 0.296. The Hall–Kier alpha value is -3.14. The van der Waals surface area contributed by atoms with E-state index in [9.17, 15) is 9.59 Å². The van der Waals surface area contributed by atoms with Crippen LogP contribution >= 0.6 is 0 Å². The van der Waals surface area contributed by atoms with Crippen molar-refractivity contribution < 1.29 is 14.3 Å². The van der Waals surface area contributed by atoms with Gasteiger partial charge in [0.2, 0.25) is 5.91 Å². The first-order valence-corrected chi connectivity index (χ1v) is 8.20. The van der Waals surface area contributed by atoms with Gasteiger partial charge in [0, 0.05) is 5.69 Å². The number of hydrogen-bond acceptors (Lipinski definition) is 3. The van der Waals surface area contributed by atoms with Gasteiger partial charge in [-0.3, -0.25) is 4.79 Å². The van der Waals surface area contributed by atoms with E-state index in [0.717, 1.165) is 16.3 Å². The van der Waals surface area contributed by atoms with Crippen LogP contribution in [0.15, 0.2) is 66.7 Å². The molecule has 0 aliphatic heterocycles. The molecule has 3 aromatic carbocycles. The highest BCUT2D eigenvalue weighted by Crippen LogP contribution is 2.17. The molecule has 4 heteroatoms. The van der Waals surface area contributed by atoms with Gasteiger partial charge < -0.3 is 10.1 Å². The number of carbonyl (C=O) groups is 2. The number of rotatable bonds is 5. The van der Waals surface area contributed by atoms with Gasteiger partial charge in [-0.1, -0.05) is 42.5 Å². The average Bonchev–Trinajstić information content (AvgIpc) is 2.62. The fourth-order valence-electron chi connectivity index (χ4n) is 2.64. The average molecular weight is 333 g/mol. The molecule has 0 unspecified atom stereocenters. The van der Waals surface area contributed by atoms with Gasteiger partial charge in [-0.25, -0.2) is 4.79 Å². The number of esters is 1. The van der Waals surface area contributed by atoms with E-state index in [2.05, 4.69) is 5.32 Å². The molecule has 0 heterocycles. The molecule has 25 heavy (non-hydrogen) atoms. The topological polar surface area (TPSA) is 55.4 Å². The SMILES string of the molecule is CCOC(=O)c1ccc(NC(=O)Cc2ccc3ccccc3c2)cc1. The lowest BCUT2D eigenvalue weighted by atomic mass is 10.0. The third-order valence-electron chi connectivity index (χ3n) is 3.86. The third-order valence-corrected chi connectivity index (χ3v) is 3.86. The number of fused-ring (bicyclic) bond motifs is 1. The molecule has 0 bridgehead atoms. The number of benzene rings is 3. The summed E-state index contributed by atoms with van der Waals surface area (Å²) in [6, 6.07) is 20.8. The highest BCUT2D eigenvalue weighted by atomic mass is 16.5. The van der Waals surface area contributed by atoms with E-state index in [1.54, 1.807) is 31.2 Å². The van der Waals surface area contributed by atoms with Crippen LogP contribution in [0.5, 0.6) is 0 Å². The molecule has 4 nitrogen and oxygen atoms in total. The van der Waals surface area contributed by atoms with E-state index in [0.29, 0.717) is 24.3 Å². The Balaban J connectivity index is 1.64. The molecule has 1 N–H and O–H groups in total. The van der Waals surface area contributed by atoms with E-state index < -0.39 is 0 Å². The molecular formula is C21H19NO3. The van der Waals surface area contributed by atoms with E-state index in [4.69, 9.17) is 4.74 Å². The molecule has 0 radical (unpaired) electrons. The molecule has 0 aliphatic rings. The van der Waals surface area contributed by atoms with Crippen LogP contribution in [-0.4, -0.2) is 18.5 Å². The first kappa shape index (κ1) is 16.7. The number of ether oxygens (including phenoxy) is 1. The highest BCUT2D eigenvalue weighted by molar-refractivity contribution is 5.94. The number of nitrogens with one attached hydrogen (secondary N) is 1. The van der Waals surface area contributed by atoms with Gasteiger partial charge >= 0.3 is 5.97 Å². The molecule has 0 saturated heterocycles. The second kappa shape index (κ2) is 7.62. The van der Waals surface area contributed by atoms with Gasteiger partial charge in [0.05, 0.1) is 18.6 Å². The summed E-state index contributed by atoms with van der Waals surface area (Å²) < 4.78 is 4.94. The Labute approximate surface area is 146 Å². The molecule has 0 aliphatic carbocycles. The molecule has 0 atom stereocenters. The molecule has 0 saturated carbocycles. The van der Waals surface area contributed by atoms with Crippen molar-refractivity contribution in [2.75, 3.05) is 11.9 Å². The number of hydrogen-bond donors (Lipinski definition) is 1. The molecule has 0 fully saturated rings. The van der Waals surface area contributed by atoms with Crippen molar-refractivity contribution >= 4 is 28.3 Å². The lowest BCUT2D eigenvalue weighted by molar-refractivity contribution is -0.115. The molecule has 0 aromatic heterocycles. The first-order chi connectivity index (χ1) is 12.2. The fraction of sp³-hybridized carbons (Fsp3) is 0.143. The smallest absolute Gasteiger partial charge is 0.338 e. The van der Waals surface area contributed by atoms with Crippen molar-refractivity contribution in [2.24, 2.45) is 0 Å². The van der Waals surface area contributed by atoms with E-state index in [-0.39, 0.29) is 11.9 Å². The van der Waals surface area contributed by atoms with Crippen molar-refractivity contribution in [1.29, 1.82) is 0 Å². The maximum absolute atomic E-state index is 12.2. The lowest BCUT2D eigenvalue weighted by Crippen LogP contribution is -2.14. The van der Waals surface area contributed by atoms with Gasteiger partial charge in [-0.05, 0) is 47.5 Å². The van der Waals surface area contributed by atoms with Crippen LogP contribution in [0, 0.1) is 0 Å². The normalized spacial score (nSPS) is 10.4. The Morgan fingerprint density at radius 2 is 1.64 bits per heavy atom. The standard InChI is InChI=1S/C21H19NO3/c1-2-25-21(24)17-9-11-19(12-10-17)22-20(23)14-15-7-8-16-5-3-4-6-18(16)13-15/h3-13H,2,14H2,1H3,(H,22,23). The van der Waals surface area contributed by atoms with Gasteiger partial charge in [0.1, 0.15) is 0 Å². The van der Waals surface area contributed by atoms with Gasteiger partial charge in [-0.2, -0.15) is 0 Å². The van der Waals surface area contributed by atoms with Crippen molar-refractivity contribution in [3.05, 3.63) is 77.9 Å². The summed E-state index contributed by atoms with van der Waals surface area (Å²) in [4.78, 5) is 23.9. The minimum atomic E-state index is -0.364. The van der Waals surface area contributed by atoms with E-state index in [1.165, 1.54) is 0 Å². The predicted octanol–water partition coefficient (Wildman–Crippen LogP) is 4.20. The van der Waals surface area contributed by atoms with Gasteiger partial charge in [0.25, 0.3) is 0 Å². The van der Waals surface area contributed by atoms with Crippen molar-refractivity contribution in [3.63, 3.8) is 0 Å². The van der Waals surface area contributed by atoms with Crippen LogP contribution in [0.1, 0.15) is 22.8 Å². The second-order valence-electron chi connectivity index (χ2n) is 5.70. The molecule has 3 rings (SSSR count). The van der Waals surface area contributed by atoms with Gasteiger partial charge in [-0.15, -0.1) is 0 Å². The summed E-state index contributed by atoms with van der Waals surface area (Å²) in [5.74, 6) is -0.462. The minimum Gasteiger partial charge on any atom is -0.462 e. The van der Waals surface area contributed by atoms with Crippen molar-refractivity contribution in [3.8, 4) is 0 Å². The van der Waals surface area contributed by atoms with E-state index in [1.807, 2.05) is 42.5 Å². The zero-order valence-corrected chi connectivity index (χ0v) is 14.0. The maximum Gasteiger partial charge on any atom is 0.338 e. The van der Waals surface area contributed by atoms with Crippen LogP contribution < -0.4 is 5.32 Å². The zero-order valence-electron chi connectivity index (χ0n) is 14.0. The van der Waals surface area contributed by atoms with Crippen molar-refractivity contribution in [2.45, 2.75) is 13.3 Å². The zero-order chi connectivity index (χ0) is 17.6. The quantitative estimate of drug-likeness (QED) is 0.712. The number of amides is 1. The van der Waals surface area contributed by atoms with Gasteiger partial charge in [0.15, 0.2) is 0 Å². The van der Waals surface area contributed by atoms with Crippen LogP contribution in [-0.2, 0) is 16.0 Å². The molecule has 0 spiro atoms. The molecule has 1 amide bonds. The number of anilines is 1. The largest absolute Gasteiger partial charge is 0.462 e. The Bertz CT molecular complexity index is 900. The predicted molar refractivity (Wildman–Crippen MR) is 98.7 cm³/mol. The summed E-state index contributed by atoms with van der Waals surface area (Å²) >= 11 is 0. The lowest BCUT2D eigenvalue weighted by Gasteiger charge is -2.07. The fourth-order valence-corrected chi connectivity index (χ4v) is 2.64. The highest BCUT2D eigenvalue weighted by Gasteiger charge is 2.08. The second-order valence-corrected chi connectivity index (χ2v) is 5.70. The summed E-state index contributed by atoms with van der Waals surface area (Å²) in [5, 5.41) is 5.12. The number of carbonyl (C=O) groups excluding carboxylic acids is 2. The summed E-state index contributed by atoms with van der Waals surface area (Å²) in [6.45, 7) is 2.10. The van der Waals surface area contributed by atoms with Crippen molar-refractivity contribution in [1.82, 2.24) is 0 Å².